The highest BCUT2D eigenvalue weighted by molar-refractivity contribution is 7.89. The van der Waals surface area contributed by atoms with Crippen LogP contribution in [-0.4, -0.2) is 43.9 Å². The van der Waals surface area contributed by atoms with Crippen LogP contribution in [0.4, 0.5) is 0 Å². The van der Waals surface area contributed by atoms with Crippen LogP contribution in [0, 0.1) is 0 Å². The Morgan fingerprint density at radius 2 is 1.95 bits per heavy atom. The molecule has 1 aliphatic rings. The van der Waals surface area contributed by atoms with Crippen molar-refractivity contribution in [3.63, 3.8) is 0 Å². The summed E-state index contributed by atoms with van der Waals surface area (Å²) in [5.41, 5.74) is 0.859. The Hall–Kier alpha value is -1.44. The Balaban J connectivity index is 2.17. The van der Waals surface area contributed by atoms with Crippen LogP contribution >= 0.6 is 0 Å². The number of amides is 1. The van der Waals surface area contributed by atoms with E-state index in [1.807, 2.05) is 13.8 Å². The number of carbonyl (C=O) groups is 1. The summed E-state index contributed by atoms with van der Waals surface area (Å²) < 4.78 is 32.4. The highest BCUT2D eigenvalue weighted by Crippen LogP contribution is 2.22. The van der Waals surface area contributed by atoms with Crippen molar-refractivity contribution < 1.29 is 17.9 Å². The van der Waals surface area contributed by atoms with E-state index in [4.69, 9.17) is 4.74 Å². The number of sulfonamides is 1. The molecule has 2 atom stereocenters. The van der Waals surface area contributed by atoms with E-state index < -0.39 is 10.0 Å². The number of hydrogen-bond acceptors (Lipinski definition) is 4. The quantitative estimate of drug-likeness (QED) is 0.900. The summed E-state index contributed by atoms with van der Waals surface area (Å²) >= 11 is 0. The largest absolute Gasteiger partial charge is 0.375 e. The first-order valence-electron chi connectivity index (χ1n) is 7.27. The van der Waals surface area contributed by atoms with Gasteiger partial charge in [-0.25, -0.2) is 8.42 Å². The van der Waals surface area contributed by atoms with Gasteiger partial charge in [-0.1, -0.05) is 12.1 Å². The molecule has 1 amide bonds. The number of carbonyl (C=O) groups excluding carboxylic acids is 1. The van der Waals surface area contributed by atoms with E-state index in [-0.39, 0.29) is 22.9 Å². The molecule has 1 aromatic carbocycles. The molecular weight excluding hydrogens is 304 g/mol. The predicted molar refractivity (Wildman–Crippen MR) is 82.7 cm³/mol. The Morgan fingerprint density at radius 3 is 2.55 bits per heavy atom. The third-order valence-electron chi connectivity index (χ3n) is 3.62. The minimum absolute atomic E-state index is 0.106. The van der Waals surface area contributed by atoms with Gasteiger partial charge in [-0.3, -0.25) is 4.79 Å². The highest BCUT2D eigenvalue weighted by Gasteiger charge is 2.33. The number of rotatable bonds is 4. The first-order chi connectivity index (χ1) is 10.3. The van der Waals surface area contributed by atoms with Gasteiger partial charge in [0.05, 0.1) is 17.6 Å². The van der Waals surface area contributed by atoms with Gasteiger partial charge in [0.1, 0.15) is 0 Å². The van der Waals surface area contributed by atoms with Crippen LogP contribution in [0.1, 0.15) is 26.3 Å². The molecule has 1 aliphatic heterocycles. The van der Waals surface area contributed by atoms with E-state index in [0.29, 0.717) is 19.7 Å². The number of nitrogens with one attached hydrogen (secondary N) is 1. The van der Waals surface area contributed by atoms with Crippen LogP contribution in [0.15, 0.2) is 29.2 Å². The lowest BCUT2D eigenvalue weighted by Gasteiger charge is -2.35. The molecule has 7 heteroatoms. The van der Waals surface area contributed by atoms with Crippen LogP contribution in [0.2, 0.25) is 0 Å². The van der Waals surface area contributed by atoms with Crippen molar-refractivity contribution in [2.75, 3.05) is 13.2 Å². The molecule has 0 radical (unpaired) electrons. The fourth-order valence-electron chi connectivity index (χ4n) is 2.35. The summed E-state index contributed by atoms with van der Waals surface area (Å²) in [6, 6.07) is 6.42. The lowest BCUT2D eigenvalue weighted by atomic mass is 10.2. The topological polar surface area (TPSA) is 75.7 Å². The molecule has 0 spiro atoms. The summed E-state index contributed by atoms with van der Waals surface area (Å²) in [7, 11) is -3.53. The fraction of sp³-hybridized carbons (Fsp3) is 0.533. The van der Waals surface area contributed by atoms with Gasteiger partial charge in [0.2, 0.25) is 15.9 Å². The van der Waals surface area contributed by atoms with Gasteiger partial charge in [0.25, 0.3) is 0 Å². The van der Waals surface area contributed by atoms with E-state index in [1.54, 1.807) is 24.3 Å². The minimum Gasteiger partial charge on any atom is -0.375 e. The molecule has 0 aliphatic carbocycles. The third-order valence-corrected chi connectivity index (χ3v) is 5.62. The molecule has 1 heterocycles. The van der Waals surface area contributed by atoms with Crippen molar-refractivity contribution >= 4 is 15.9 Å². The van der Waals surface area contributed by atoms with Crippen LogP contribution in [-0.2, 0) is 26.1 Å². The van der Waals surface area contributed by atoms with E-state index in [9.17, 15) is 13.2 Å². The standard InChI is InChI=1S/C15H22N2O4S/c1-11-10-21-12(2)9-17(11)22(19,20)15-6-4-14(5-7-15)8-16-13(3)18/h4-7,11-12H,8-10H2,1-3H3,(H,16,18)/t11-,12+/m1/s1. The van der Waals surface area contributed by atoms with Gasteiger partial charge < -0.3 is 10.1 Å². The summed E-state index contributed by atoms with van der Waals surface area (Å²) in [4.78, 5) is 11.2. The van der Waals surface area contributed by atoms with Gasteiger partial charge >= 0.3 is 0 Å². The minimum atomic E-state index is -3.53. The van der Waals surface area contributed by atoms with Crippen molar-refractivity contribution in [3.8, 4) is 0 Å². The van der Waals surface area contributed by atoms with E-state index >= 15 is 0 Å². The van der Waals surface area contributed by atoms with Gasteiger partial charge in [-0.15, -0.1) is 0 Å². The lowest BCUT2D eigenvalue weighted by molar-refractivity contribution is -0.119. The molecule has 0 saturated carbocycles. The molecule has 1 saturated heterocycles. The van der Waals surface area contributed by atoms with Crippen LogP contribution in [0.5, 0.6) is 0 Å². The Labute approximate surface area is 131 Å². The molecule has 6 nitrogen and oxygen atoms in total. The van der Waals surface area contributed by atoms with Gasteiger partial charge in [-0.2, -0.15) is 4.31 Å². The molecular formula is C15H22N2O4S. The molecule has 1 aromatic rings. The first kappa shape index (κ1) is 16.9. The second-order valence-electron chi connectivity index (χ2n) is 5.62. The molecule has 2 rings (SSSR count). The van der Waals surface area contributed by atoms with Crippen molar-refractivity contribution in [2.24, 2.45) is 0 Å². The smallest absolute Gasteiger partial charge is 0.243 e. The molecule has 1 fully saturated rings. The lowest BCUT2D eigenvalue weighted by Crippen LogP contribution is -2.50. The van der Waals surface area contributed by atoms with Crippen molar-refractivity contribution in [3.05, 3.63) is 29.8 Å². The Bertz CT molecular complexity index is 627. The molecule has 22 heavy (non-hydrogen) atoms. The van der Waals surface area contributed by atoms with Gasteiger partial charge in [0, 0.05) is 26.1 Å². The maximum absolute atomic E-state index is 12.7. The summed E-state index contributed by atoms with van der Waals surface area (Å²) in [5, 5.41) is 2.68. The zero-order valence-corrected chi connectivity index (χ0v) is 13.9. The van der Waals surface area contributed by atoms with Crippen LogP contribution in [0.25, 0.3) is 0 Å². The Morgan fingerprint density at radius 1 is 1.32 bits per heavy atom. The maximum Gasteiger partial charge on any atom is 0.243 e. The number of morpholine rings is 1. The molecule has 0 bridgehead atoms. The first-order valence-corrected chi connectivity index (χ1v) is 8.71. The average Bonchev–Trinajstić information content (AvgIpc) is 2.48. The SMILES string of the molecule is CC(=O)NCc1ccc(S(=O)(=O)N2C[C@H](C)OC[C@H]2C)cc1. The summed E-state index contributed by atoms with van der Waals surface area (Å²) in [6.45, 7) is 6.30. The second-order valence-corrected chi connectivity index (χ2v) is 7.51. The van der Waals surface area contributed by atoms with Crippen molar-refractivity contribution in [2.45, 2.75) is 44.4 Å². The van der Waals surface area contributed by atoms with E-state index in [1.165, 1.54) is 11.2 Å². The van der Waals surface area contributed by atoms with E-state index in [2.05, 4.69) is 5.32 Å². The zero-order chi connectivity index (χ0) is 16.3. The van der Waals surface area contributed by atoms with Crippen molar-refractivity contribution in [1.82, 2.24) is 9.62 Å². The molecule has 0 unspecified atom stereocenters. The average molecular weight is 326 g/mol. The monoisotopic (exact) mass is 326 g/mol. The predicted octanol–water partition coefficient (Wildman–Crippen LogP) is 1.12. The fourth-order valence-corrected chi connectivity index (χ4v) is 4.04. The maximum atomic E-state index is 12.7. The van der Waals surface area contributed by atoms with E-state index in [0.717, 1.165) is 5.56 Å². The van der Waals surface area contributed by atoms with Gasteiger partial charge in [0.15, 0.2) is 0 Å². The molecule has 1 N–H and O–H groups in total. The van der Waals surface area contributed by atoms with Crippen LogP contribution in [0.3, 0.4) is 0 Å². The van der Waals surface area contributed by atoms with Crippen molar-refractivity contribution in [1.29, 1.82) is 0 Å². The normalized spacial score (nSPS) is 23.2. The van der Waals surface area contributed by atoms with Crippen LogP contribution < -0.4 is 5.32 Å². The number of nitrogens with zero attached hydrogens (tertiary/aromatic N) is 1. The number of hydrogen-bond donors (Lipinski definition) is 1. The molecule has 122 valence electrons. The molecule has 0 aromatic heterocycles. The summed E-state index contributed by atoms with van der Waals surface area (Å²) in [5.74, 6) is -0.118. The Kier molecular flexibility index (Phi) is 5.20. The highest BCUT2D eigenvalue weighted by atomic mass is 32.2. The number of benzene rings is 1. The second kappa shape index (κ2) is 6.76. The zero-order valence-electron chi connectivity index (χ0n) is 13.1. The third kappa shape index (κ3) is 3.85. The summed E-state index contributed by atoms with van der Waals surface area (Å²) in [6.07, 6.45) is -0.106. The van der Waals surface area contributed by atoms with Gasteiger partial charge in [-0.05, 0) is 31.5 Å². The number of ether oxygens (including phenoxy) is 1.